The number of carbonyl (C=O) groups is 2. The summed E-state index contributed by atoms with van der Waals surface area (Å²) in [5.41, 5.74) is 8.43. The van der Waals surface area contributed by atoms with Gasteiger partial charge in [0, 0.05) is 12.0 Å². The van der Waals surface area contributed by atoms with Crippen molar-refractivity contribution >= 4 is 11.9 Å². The molecular weight excluding hydrogens is 266 g/mol. The summed E-state index contributed by atoms with van der Waals surface area (Å²) in [6, 6.07) is 6.41. The first-order valence-electron chi connectivity index (χ1n) is 7.71. The largest absolute Gasteiger partial charge is 0.449 e. The Bertz CT molecular complexity index is 559. The molecule has 2 aliphatic rings. The van der Waals surface area contributed by atoms with Crippen molar-refractivity contribution in [1.82, 2.24) is 0 Å². The zero-order valence-corrected chi connectivity index (χ0v) is 12.1. The van der Waals surface area contributed by atoms with E-state index in [2.05, 4.69) is 18.2 Å². The molecule has 0 heterocycles. The van der Waals surface area contributed by atoms with E-state index in [9.17, 15) is 9.59 Å². The van der Waals surface area contributed by atoms with Crippen LogP contribution in [0, 0.1) is 5.92 Å². The first-order valence-corrected chi connectivity index (χ1v) is 7.71. The van der Waals surface area contributed by atoms with Gasteiger partial charge in [-0.05, 0) is 61.1 Å². The molecular formula is C17H21NO3. The fourth-order valence-electron chi connectivity index (χ4n) is 3.57. The van der Waals surface area contributed by atoms with Crippen LogP contribution in [-0.2, 0) is 11.2 Å². The maximum Gasteiger partial charge on any atom is 0.404 e. The van der Waals surface area contributed by atoms with Gasteiger partial charge in [0.25, 0.3) is 0 Å². The average molecular weight is 287 g/mol. The molecule has 1 amide bonds. The minimum absolute atomic E-state index is 0.287. The summed E-state index contributed by atoms with van der Waals surface area (Å²) in [6.45, 7) is 0.435. The fourth-order valence-corrected chi connectivity index (χ4v) is 3.57. The van der Waals surface area contributed by atoms with Crippen molar-refractivity contribution in [2.75, 3.05) is 6.61 Å². The number of nitrogens with two attached hydrogens (primary N) is 1. The molecule has 4 nitrogen and oxygen atoms in total. The lowest BCUT2D eigenvalue weighted by Gasteiger charge is -2.28. The Balaban J connectivity index is 1.61. The maximum absolute atomic E-state index is 11.8. The third kappa shape index (κ3) is 3.09. The molecule has 1 aromatic carbocycles. The highest BCUT2D eigenvalue weighted by Gasteiger charge is 2.25. The van der Waals surface area contributed by atoms with Crippen LogP contribution in [0.1, 0.15) is 59.5 Å². The lowest BCUT2D eigenvalue weighted by Crippen LogP contribution is -2.22. The van der Waals surface area contributed by atoms with Crippen molar-refractivity contribution in [1.29, 1.82) is 0 Å². The van der Waals surface area contributed by atoms with Crippen molar-refractivity contribution in [2.24, 2.45) is 11.7 Å². The normalized spacial score (nSPS) is 24.7. The molecule has 0 radical (unpaired) electrons. The van der Waals surface area contributed by atoms with Crippen LogP contribution in [0.2, 0.25) is 0 Å². The Morgan fingerprint density at radius 2 is 1.95 bits per heavy atom. The number of hydrogen-bond acceptors (Lipinski definition) is 3. The molecule has 1 fully saturated rings. The maximum atomic E-state index is 11.8. The summed E-state index contributed by atoms with van der Waals surface area (Å²) in [5, 5.41) is 0. The van der Waals surface area contributed by atoms with E-state index in [1.54, 1.807) is 0 Å². The van der Waals surface area contributed by atoms with E-state index >= 15 is 0 Å². The standard InChI is InChI=1S/C17H21NO3/c18-17(20)21-10-11-1-3-12(4-2-11)14-6-5-13-7-8-16(19)15(13)9-14/h5-6,9,11-12H,1-4,7-8,10H2,(H2,18,20). The number of primary amides is 1. The molecule has 0 unspecified atom stereocenters. The average Bonchev–Trinajstić information content (AvgIpc) is 2.87. The van der Waals surface area contributed by atoms with Crippen LogP contribution < -0.4 is 5.73 Å². The van der Waals surface area contributed by atoms with E-state index in [1.165, 1.54) is 11.1 Å². The van der Waals surface area contributed by atoms with Crippen LogP contribution in [-0.4, -0.2) is 18.5 Å². The van der Waals surface area contributed by atoms with Crippen molar-refractivity contribution in [3.05, 3.63) is 34.9 Å². The fraction of sp³-hybridized carbons (Fsp3) is 0.529. The second kappa shape index (κ2) is 5.88. The molecule has 0 atom stereocenters. The lowest BCUT2D eigenvalue weighted by molar-refractivity contribution is 0.0994. The van der Waals surface area contributed by atoms with Gasteiger partial charge in [-0.2, -0.15) is 0 Å². The van der Waals surface area contributed by atoms with E-state index in [1.807, 2.05) is 0 Å². The van der Waals surface area contributed by atoms with E-state index in [0.717, 1.165) is 37.7 Å². The number of ether oxygens (including phenoxy) is 1. The number of fused-ring (bicyclic) bond motifs is 1. The molecule has 0 bridgehead atoms. The zero-order chi connectivity index (χ0) is 14.8. The monoisotopic (exact) mass is 287 g/mol. The van der Waals surface area contributed by atoms with Crippen molar-refractivity contribution in [2.45, 2.75) is 44.4 Å². The van der Waals surface area contributed by atoms with Gasteiger partial charge in [-0.1, -0.05) is 12.1 Å². The van der Waals surface area contributed by atoms with Gasteiger partial charge in [0.15, 0.2) is 5.78 Å². The molecule has 112 valence electrons. The van der Waals surface area contributed by atoms with Gasteiger partial charge in [-0.15, -0.1) is 0 Å². The third-order valence-electron chi connectivity index (χ3n) is 4.84. The van der Waals surface area contributed by atoms with Crippen molar-refractivity contribution < 1.29 is 14.3 Å². The number of carbonyl (C=O) groups excluding carboxylic acids is 2. The van der Waals surface area contributed by atoms with Gasteiger partial charge in [-0.3, -0.25) is 4.79 Å². The Hall–Kier alpha value is -1.84. The van der Waals surface area contributed by atoms with E-state index < -0.39 is 6.09 Å². The summed E-state index contributed by atoms with van der Waals surface area (Å²) in [7, 11) is 0. The van der Waals surface area contributed by atoms with Crippen LogP contribution in [0.4, 0.5) is 4.79 Å². The molecule has 2 N–H and O–H groups in total. The summed E-state index contributed by atoms with van der Waals surface area (Å²) >= 11 is 0. The van der Waals surface area contributed by atoms with Gasteiger partial charge >= 0.3 is 6.09 Å². The molecule has 21 heavy (non-hydrogen) atoms. The van der Waals surface area contributed by atoms with Crippen LogP contribution in [0.15, 0.2) is 18.2 Å². The molecule has 0 aromatic heterocycles. The minimum atomic E-state index is -0.686. The molecule has 4 heteroatoms. The second-order valence-electron chi connectivity index (χ2n) is 6.19. The Kier molecular flexibility index (Phi) is 3.95. The molecule has 3 rings (SSSR count). The molecule has 1 aromatic rings. The SMILES string of the molecule is NC(=O)OCC1CCC(c2ccc3c(c2)C(=O)CC3)CC1. The van der Waals surface area contributed by atoms with Gasteiger partial charge in [-0.25, -0.2) is 4.79 Å². The molecule has 1 saturated carbocycles. The summed E-state index contributed by atoms with van der Waals surface area (Å²) in [4.78, 5) is 22.5. The molecule has 0 aliphatic heterocycles. The molecule has 0 spiro atoms. The quantitative estimate of drug-likeness (QED) is 0.928. The van der Waals surface area contributed by atoms with E-state index in [-0.39, 0.29) is 5.78 Å². The highest BCUT2D eigenvalue weighted by molar-refractivity contribution is 6.00. The zero-order valence-electron chi connectivity index (χ0n) is 12.1. The number of Topliss-reactive ketones (excluding diaryl/α,β-unsaturated/α-hetero) is 1. The Morgan fingerprint density at radius 1 is 1.19 bits per heavy atom. The number of ketones is 1. The first-order chi connectivity index (χ1) is 10.1. The number of hydrogen-bond donors (Lipinski definition) is 1. The molecule has 2 aliphatic carbocycles. The van der Waals surface area contributed by atoms with Crippen LogP contribution in [0.3, 0.4) is 0 Å². The van der Waals surface area contributed by atoms with Crippen LogP contribution >= 0.6 is 0 Å². The summed E-state index contributed by atoms with van der Waals surface area (Å²) in [6.07, 6.45) is 5.13. The van der Waals surface area contributed by atoms with Crippen molar-refractivity contribution in [3.63, 3.8) is 0 Å². The number of aryl methyl sites for hydroxylation is 1. The Labute approximate surface area is 124 Å². The lowest BCUT2D eigenvalue weighted by atomic mass is 9.78. The summed E-state index contributed by atoms with van der Waals surface area (Å²) < 4.78 is 4.89. The van der Waals surface area contributed by atoms with Crippen LogP contribution in [0.5, 0.6) is 0 Å². The first kappa shape index (κ1) is 14.1. The third-order valence-corrected chi connectivity index (χ3v) is 4.84. The van der Waals surface area contributed by atoms with Gasteiger partial charge in [0.05, 0.1) is 6.61 Å². The molecule has 0 saturated heterocycles. The van der Waals surface area contributed by atoms with Crippen LogP contribution in [0.25, 0.3) is 0 Å². The second-order valence-corrected chi connectivity index (χ2v) is 6.19. The topological polar surface area (TPSA) is 69.4 Å². The number of amides is 1. The summed E-state index contributed by atoms with van der Waals surface area (Å²) in [5.74, 6) is 1.23. The van der Waals surface area contributed by atoms with Gasteiger partial charge in [0.2, 0.25) is 0 Å². The van der Waals surface area contributed by atoms with E-state index in [0.29, 0.717) is 24.9 Å². The minimum Gasteiger partial charge on any atom is -0.449 e. The predicted molar refractivity (Wildman–Crippen MR) is 79.3 cm³/mol. The number of benzene rings is 1. The predicted octanol–water partition coefficient (Wildman–Crippen LogP) is 3.18. The highest BCUT2D eigenvalue weighted by Crippen LogP contribution is 2.37. The highest BCUT2D eigenvalue weighted by atomic mass is 16.5. The van der Waals surface area contributed by atoms with E-state index in [4.69, 9.17) is 10.5 Å². The van der Waals surface area contributed by atoms with Gasteiger partial charge in [0.1, 0.15) is 0 Å². The smallest absolute Gasteiger partial charge is 0.404 e. The van der Waals surface area contributed by atoms with Gasteiger partial charge < -0.3 is 10.5 Å². The number of rotatable bonds is 3. The van der Waals surface area contributed by atoms with Crippen molar-refractivity contribution in [3.8, 4) is 0 Å². The Morgan fingerprint density at radius 3 is 2.67 bits per heavy atom.